The molecule has 0 saturated carbocycles. The second kappa shape index (κ2) is 6.98. The van der Waals surface area contributed by atoms with Crippen molar-refractivity contribution in [1.29, 1.82) is 0 Å². The molecule has 1 aliphatic rings. The maximum Gasteiger partial charge on any atom is 0.405 e. The number of nitrogens with one attached hydrogen (secondary N) is 1. The lowest BCUT2D eigenvalue weighted by molar-refractivity contribution is -0.123. The van der Waals surface area contributed by atoms with Gasteiger partial charge in [0.25, 0.3) is 5.91 Å². The number of nitrogens with zero attached hydrogens (tertiary/aromatic N) is 1. The first-order valence-corrected chi connectivity index (χ1v) is 8.62. The molecule has 0 spiro atoms. The smallest absolute Gasteiger partial charge is 0.405 e. The van der Waals surface area contributed by atoms with Crippen molar-refractivity contribution in [2.45, 2.75) is 23.9 Å². The molecular weight excluding hydrogens is 349 g/mol. The van der Waals surface area contributed by atoms with E-state index in [9.17, 15) is 26.4 Å². The number of ether oxygens (including phenoxy) is 1. The van der Waals surface area contributed by atoms with Gasteiger partial charge in [-0.3, -0.25) is 4.79 Å². The van der Waals surface area contributed by atoms with Gasteiger partial charge in [-0.2, -0.15) is 17.5 Å². The molecule has 1 fully saturated rings. The van der Waals surface area contributed by atoms with Crippen LogP contribution in [0.4, 0.5) is 13.2 Å². The fourth-order valence-corrected chi connectivity index (χ4v) is 4.07. The Bertz CT molecular complexity index is 713. The number of rotatable bonds is 5. The molecule has 0 aromatic heterocycles. The van der Waals surface area contributed by atoms with Gasteiger partial charge in [-0.15, -0.1) is 0 Å². The van der Waals surface area contributed by atoms with Crippen LogP contribution in [0.25, 0.3) is 0 Å². The van der Waals surface area contributed by atoms with E-state index in [-0.39, 0.29) is 16.2 Å². The number of methoxy groups -OCH3 is 1. The molecule has 0 unspecified atom stereocenters. The minimum atomic E-state index is -4.55. The summed E-state index contributed by atoms with van der Waals surface area (Å²) in [6.07, 6.45) is -3.09. The van der Waals surface area contributed by atoms with E-state index in [0.29, 0.717) is 13.1 Å². The predicted molar refractivity (Wildman–Crippen MR) is 79.4 cm³/mol. The summed E-state index contributed by atoms with van der Waals surface area (Å²) in [5, 5.41) is 1.71. The molecule has 10 heteroatoms. The van der Waals surface area contributed by atoms with Gasteiger partial charge in [0.1, 0.15) is 17.2 Å². The van der Waals surface area contributed by atoms with Gasteiger partial charge in [0.15, 0.2) is 0 Å². The van der Waals surface area contributed by atoms with Crippen molar-refractivity contribution < 1.29 is 31.1 Å². The largest absolute Gasteiger partial charge is 0.495 e. The fraction of sp³-hybridized carbons (Fsp3) is 0.500. The van der Waals surface area contributed by atoms with Crippen molar-refractivity contribution in [2.24, 2.45) is 0 Å². The molecule has 1 N–H and O–H groups in total. The molecular formula is C14H17F3N2O4S. The van der Waals surface area contributed by atoms with E-state index in [0.717, 1.165) is 18.9 Å². The van der Waals surface area contributed by atoms with Crippen molar-refractivity contribution in [1.82, 2.24) is 9.62 Å². The predicted octanol–water partition coefficient (Wildman–Crippen LogP) is 1.77. The van der Waals surface area contributed by atoms with Crippen LogP contribution >= 0.6 is 0 Å². The molecule has 0 aliphatic carbocycles. The number of hydrogen-bond donors (Lipinski definition) is 1. The van der Waals surface area contributed by atoms with E-state index < -0.39 is 28.7 Å². The van der Waals surface area contributed by atoms with Crippen molar-refractivity contribution in [3.8, 4) is 5.75 Å². The van der Waals surface area contributed by atoms with Crippen LogP contribution in [-0.4, -0.2) is 51.6 Å². The van der Waals surface area contributed by atoms with Crippen molar-refractivity contribution >= 4 is 15.9 Å². The molecule has 0 bridgehead atoms. The van der Waals surface area contributed by atoms with Gasteiger partial charge in [-0.1, -0.05) is 0 Å². The first-order valence-electron chi connectivity index (χ1n) is 7.18. The van der Waals surface area contributed by atoms with Crippen LogP contribution in [0.2, 0.25) is 0 Å². The maximum absolute atomic E-state index is 12.6. The molecule has 1 aromatic rings. The Morgan fingerprint density at radius 3 is 2.46 bits per heavy atom. The zero-order valence-electron chi connectivity index (χ0n) is 12.9. The standard InChI is InChI=1S/C14H17F3N2O4S/c1-23-11-5-4-10(13(20)18-9-14(15,16)17)8-12(11)24(21,22)19-6-2-3-7-19/h4-5,8H,2-3,6-7,9H2,1H3,(H,18,20). The Kier molecular flexibility index (Phi) is 5.38. The van der Waals surface area contributed by atoms with Gasteiger partial charge in [-0.05, 0) is 31.0 Å². The van der Waals surface area contributed by atoms with E-state index in [1.165, 1.54) is 23.5 Å². The van der Waals surface area contributed by atoms with E-state index in [2.05, 4.69) is 0 Å². The Morgan fingerprint density at radius 2 is 1.92 bits per heavy atom. The summed E-state index contributed by atoms with van der Waals surface area (Å²) in [7, 11) is -2.60. The quantitative estimate of drug-likeness (QED) is 0.862. The minimum Gasteiger partial charge on any atom is -0.495 e. The zero-order valence-corrected chi connectivity index (χ0v) is 13.7. The number of benzene rings is 1. The average Bonchev–Trinajstić information content (AvgIpc) is 3.06. The highest BCUT2D eigenvalue weighted by Crippen LogP contribution is 2.29. The number of halogens is 3. The van der Waals surface area contributed by atoms with Crippen LogP contribution in [-0.2, 0) is 10.0 Å². The second-order valence-corrected chi connectivity index (χ2v) is 7.18. The van der Waals surface area contributed by atoms with E-state index in [1.807, 2.05) is 0 Å². The summed E-state index contributed by atoms with van der Waals surface area (Å²) in [5.41, 5.74) is -0.183. The lowest BCUT2D eigenvalue weighted by Crippen LogP contribution is -2.34. The van der Waals surface area contributed by atoms with Gasteiger partial charge in [0.05, 0.1) is 7.11 Å². The van der Waals surface area contributed by atoms with Gasteiger partial charge in [0.2, 0.25) is 10.0 Å². The average molecular weight is 366 g/mol. The molecule has 6 nitrogen and oxygen atoms in total. The summed E-state index contributed by atoms with van der Waals surface area (Å²) < 4.78 is 68.1. The van der Waals surface area contributed by atoms with E-state index >= 15 is 0 Å². The van der Waals surface area contributed by atoms with Crippen LogP contribution < -0.4 is 10.1 Å². The molecule has 1 amide bonds. The molecule has 0 atom stereocenters. The molecule has 1 aromatic carbocycles. The normalized spacial score (nSPS) is 16.2. The minimum absolute atomic E-state index is 0.0364. The third-order valence-corrected chi connectivity index (χ3v) is 5.48. The number of carbonyl (C=O) groups excluding carboxylic acids is 1. The monoisotopic (exact) mass is 366 g/mol. The third kappa shape index (κ3) is 4.18. The van der Waals surface area contributed by atoms with Crippen LogP contribution in [0.1, 0.15) is 23.2 Å². The molecule has 1 saturated heterocycles. The van der Waals surface area contributed by atoms with Crippen LogP contribution in [0.5, 0.6) is 5.75 Å². The van der Waals surface area contributed by atoms with Gasteiger partial charge in [0, 0.05) is 18.7 Å². The van der Waals surface area contributed by atoms with Crippen LogP contribution in [0, 0.1) is 0 Å². The highest BCUT2D eigenvalue weighted by Gasteiger charge is 2.31. The molecule has 24 heavy (non-hydrogen) atoms. The number of amides is 1. The van der Waals surface area contributed by atoms with Gasteiger partial charge < -0.3 is 10.1 Å². The molecule has 1 aliphatic heterocycles. The van der Waals surface area contributed by atoms with E-state index in [4.69, 9.17) is 4.74 Å². The highest BCUT2D eigenvalue weighted by molar-refractivity contribution is 7.89. The van der Waals surface area contributed by atoms with Crippen LogP contribution in [0.3, 0.4) is 0 Å². The fourth-order valence-electron chi connectivity index (χ4n) is 2.37. The third-order valence-electron chi connectivity index (χ3n) is 3.56. The number of alkyl halides is 3. The Labute approximate surface area is 137 Å². The topological polar surface area (TPSA) is 75.7 Å². The van der Waals surface area contributed by atoms with Crippen molar-refractivity contribution in [2.75, 3.05) is 26.7 Å². The summed E-state index contributed by atoms with van der Waals surface area (Å²) in [4.78, 5) is 11.6. The zero-order chi connectivity index (χ0) is 18.0. The summed E-state index contributed by atoms with van der Waals surface area (Å²) in [5.74, 6) is -0.970. The molecule has 0 radical (unpaired) electrons. The molecule has 2 rings (SSSR count). The van der Waals surface area contributed by atoms with Gasteiger partial charge in [-0.25, -0.2) is 8.42 Å². The molecule has 134 valence electrons. The number of hydrogen-bond acceptors (Lipinski definition) is 4. The first kappa shape index (κ1) is 18.5. The lowest BCUT2D eigenvalue weighted by atomic mass is 10.2. The maximum atomic E-state index is 12.6. The lowest BCUT2D eigenvalue weighted by Gasteiger charge is -2.18. The van der Waals surface area contributed by atoms with Crippen molar-refractivity contribution in [3.63, 3.8) is 0 Å². The first-order chi connectivity index (χ1) is 11.1. The summed E-state index contributed by atoms with van der Waals surface area (Å²) in [6.45, 7) is -0.780. The van der Waals surface area contributed by atoms with E-state index in [1.54, 1.807) is 5.32 Å². The summed E-state index contributed by atoms with van der Waals surface area (Å²) >= 11 is 0. The van der Waals surface area contributed by atoms with Gasteiger partial charge >= 0.3 is 6.18 Å². The Balaban J connectivity index is 2.32. The second-order valence-electron chi connectivity index (χ2n) is 5.27. The Morgan fingerprint density at radius 1 is 1.29 bits per heavy atom. The number of carbonyl (C=O) groups is 1. The SMILES string of the molecule is COc1ccc(C(=O)NCC(F)(F)F)cc1S(=O)(=O)N1CCCC1. The highest BCUT2D eigenvalue weighted by atomic mass is 32.2. The Hall–Kier alpha value is -1.81. The summed E-state index contributed by atoms with van der Waals surface area (Å²) in [6, 6.07) is 3.51. The molecule has 1 heterocycles. The van der Waals surface area contributed by atoms with Crippen LogP contribution in [0.15, 0.2) is 23.1 Å². The number of sulfonamides is 1. The van der Waals surface area contributed by atoms with Crippen molar-refractivity contribution in [3.05, 3.63) is 23.8 Å².